The highest BCUT2D eigenvalue weighted by atomic mass is 16.5. The van der Waals surface area contributed by atoms with Crippen LogP contribution in [-0.4, -0.2) is 58.8 Å². The predicted octanol–water partition coefficient (Wildman–Crippen LogP) is 2.78. The van der Waals surface area contributed by atoms with Crippen molar-refractivity contribution < 1.29 is 19.5 Å². The first-order valence-electron chi connectivity index (χ1n) is 9.88. The molecule has 3 aromatic rings. The van der Waals surface area contributed by atoms with Gasteiger partial charge < -0.3 is 24.4 Å². The summed E-state index contributed by atoms with van der Waals surface area (Å²) in [7, 11) is 3.87. The summed E-state index contributed by atoms with van der Waals surface area (Å²) >= 11 is 0. The van der Waals surface area contributed by atoms with Crippen molar-refractivity contribution >= 4 is 5.82 Å². The van der Waals surface area contributed by atoms with Crippen LogP contribution < -0.4 is 9.64 Å². The number of pyridine rings is 1. The number of hydrogen-bond donors (Lipinski definition) is 2. The third-order valence-electron chi connectivity index (χ3n) is 4.69. The zero-order valence-corrected chi connectivity index (χ0v) is 18.0. The molecule has 0 spiro atoms. The molecule has 3 rings (SSSR count). The van der Waals surface area contributed by atoms with E-state index < -0.39 is 6.10 Å². The van der Waals surface area contributed by atoms with E-state index in [0.717, 1.165) is 40.2 Å². The molecule has 30 heavy (non-hydrogen) atoms. The fourth-order valence-corrected chi connectivity index (χ4v) is 3.14. The van der Waals surface area contributed by atoms with Crippen LogP contribution in [0.3, 0.4) is 0 Å². The molecule has 1 atom stereocenters. The van der Waals surface area contributed by atoms with Gasteiger partial charge in [-0.3, -0.25) is 0 Å². The number of hydrogen-bond acceptors (Lipinski definition) is 8. The summed E-state index contributed by atoms with van der Waals surface area (Å²) < 4.78 is 11.3. The second kappa shape index (κ2) is 9.23. The SMILES string of the molecule is CCc1cc(-c2noc(-c3cc(C)nc(N(C)C)c3)n2)cc(C)c1OCC(O)CO. The van der Waals surface area contributed by atoms with Crippen molar-refractivity contribution in [3.8, 4) is 28.6 Å². The monoisotopic (exact) mass is 412 g/mol. The van der Waals surface area contributed by atoms with Gasteiger partial charge in [-0.15, -0.1) is 0 Å². The maximum absolute atomic E-state index is 9.58. The van der Waals surface area contributed by atoms with E-state index in [4.69, 9.17) is 14.4 Å². The Kier molecular flexibility index (Phi) is 6.69. The van der Waals surface area contributed by atoms with Crippen molar-refractivity contribution in [1.29, 1.82) is 0 Å². The highest BCUT2D eigenvalue weighted by Crippen LogP contribution is 2.31. The second-order valence-electron chi connectivity index (χ2n) is 7.46. The van der Waals surface area contributed by atoms with Gasteiger partial charge in [0, 0.05) is 30.9 Å². The Morgan fingerprint density at radius 2 is 1.87 bits per heavy atom. The normalized spacial score (nSPS) is 12.1. The Morgan fingerprint density at radius 3 is 2.53 bits per heavy atom. The molecular formula is C22H28N4O4. The van der Waals surface area contributed by atoms with Crippen molar-refractivity contribution in [2.75, 3.05) is 32.2 Å². The van der Waals surface area contributed by atoms with Gasteiger partial charge in [-0.25, -0.2) is 4.98 Å². The van der Waals surface area contributed by atoms with Gasteiger partial charge in [-0.05, 0) is 55.7 Å². The molecule has 0 aliphatic rings. The van der Waals surface area contributed by atoms with Gasteiger partial charge in [0.2, 0.25) is 5.82 Å². The van der Waals surface area contributed by atoms with Crippen molar-refractivity contribution in [3.63, 3.8) is 0 Å². The molecule has 0 amide bonds. The molecule has 0 saturated carbocycles. The van der Waals surface area contributed by atoms with Gasteiger partial charge in [0.25, 0.3) is 5.89 Å². The fraction of sp³-hybridized carbons (Fsp3) is 0.409. The van der Waals surface area contributed by atoms with E-state index in [1.807, 2.05) is 64.0 Å². The lowest BCUT2D eigenvalue weighted by atomic mass is 10.0. The number of aromatic nitrogens is 3. The number of aliphatic hydroxyl groups excluding tert-OH is 2. The lowest BCUT2D eigenvalue weighted by Crippen LogP contribution is -2.22. The number of nitrogens with zero attached hydrogens (tertiary/aromatic N) is 4. The van der Waals surface area contributed by atoms with E-state index in [1.165, 1.54) is 0 Å². The molecular weight excluding hydrogens is 384 g/mol. The summed E-state index contributed by atoms with van der Waals surface area (Å²) in [6.45, 7) is 5.58. The molecule has 160 valence electrons. The summed E-state index contributed by atoms with van der Waals surface area (Å²) in [4.78, 5) is 11.0. The standard InChI is InChI=1S/C22H28N4O4/c1-6-15-9-16(7-13(2)20(15)29-12-18(28)11-27)21-24-22(30-25-21)17-8-14(3)23-19(10-17)26(4)5/h7-10,18,27-28H,6,11-12H2,1-5H3. The second-order valence-corrected chi connectivity index (χ2v) is 7.46. The molecule has 0 fully saturated rings. The van der Waals surface area contributed by atoms with Gasteiger partial charge >= 0.3 is 0 Å². The molecule has 1 unspecified atom stereocenters. The molecule has 8 nitrogen and oxygen atoms in total. The van der Waals surface area contributed by atoms with Crippen LogP contribution in [0, 0.1) is 13.8 Å². The van der Waals surface area contributed by atoms with Crippen molar-refractivity contribution in [1.82, 2.24) is 15.1 Å². The van der Waals surface area contributed by atoms with Gasteiger partial charge in [0.05, 0.1) is 6.61 Å². The van der Waals surface area contributed by atoms with Gasteiger partial charge in [0.15, 0.2) is 0 Å². The van der Waals surface area contributed by atoms with Crippen LogP contribution in [0.15, 0.2) is 28.8 Å². The topological polar surface area (TPSA) is 105 Å². The lowest BCUT2D eigenvalue weighted by Gasteiger charge is -2.16. The quantitative estimate of drug-likeness (QED) is 0.582. The first-order chi connectivity index (χ1) is 14.3. The molecule has 1 aromatic carbocycles. The molecule has 2 N–H and O–H groups in total. The third-order valence-corrected chi connectivity index (χ3v) is 4.69. The lowest BCUT2D eigenvalue weighted by molar-refractivity contribution is 0.0531. The average Bonchev–Trinajstić information content (AvgIpc) is 3.22. The Balaban J connectivity index is 1.93. The minimum Gasteiger partial charge on any atom is -0.490 e. The minimum absolute atomic E-state index is 0.0334. The van der Waals surface area contributed by atoms with Crippen LogP contribution in [0.25, 0.3) is 22.8 Å². The van der Waals surface area contributed by atoms with E-state index in [0.29, 0.717) is 17.5 Å². The first kappa shape index (κ1) is 21.7. The molecule has 8 heteroatoms. The summed E-state index contributed by atoms with van der Waals surface area (Å²) in [6.07, 6.45) is -0.177. The first-order valence-corrected chi connectivity index (χ1v) is 9.88. The smallest absolute Gasteiger partial charge is 0.258 e. The van der Waals surface area contributed by atoms with E-state index in [1.54, 1.807) is 0 Å². The molecule has 0 aliphatic heterocycles. The Labute approximate surface area is 176 Å². The molecule has 2 aromatic heterocycles. The van der Waals surface area contributed by atoms with Crippen molar-refractivity contribution in [2.24, 2.45) is 0 Å². The average molecular weight is 412 g/mol. The summed E-state index contributed by atoms with van der Waals surface area (Å²) in [6, 6.07) is 7.72. The predicted molar refractivity (Wildman–Crippen MR) is 115 cm³/mol. The van der Waals surface area contributed by atoms with Crippen LogP contribution >= 0.6 is 0 Å². The van der Waals surface area contributed by atoms with Crippen molar-refractivity contribution in [2.45, 2.75) is 33.3 Å². The number of aryl methyl sites for hydroxylation is 3. The van der Waals surface area contributed by atoms with E-state index in [-0.39, 0.29) is 13.2 Å². The summed E-state index contributed by atoms with van der Waals surface area (Å²) in [5.41, 5.74) is 4.38. The summed E-state index contributed by atoms with van der Waals surface area (Å²) in [5, 5.41) is 22.7. The van der Waals surface area contributed by atoms with Crippen LogP contribution in [0.2, 0.25) is 0 Å². The van der Waals surface area contributed by atoms with Gasteiger partial charge in [0.1, 0.15) is 24.3 Å². The summed E-state index contributed by atoms with van der Waals surface area (Å²) in [5.74, 6) is 2.45. The molecule has 0 bridgehead atoms. The molecule has 0 saturated heterocycles. The number of rotatable bonds is 8. The third kappa shape index (κ3) is 4.77. The van der Waals surface area contributed by atoms with E-state index in [2.05, 4.69) is 15.1 Å². The number of benzene rings is 1. The molecule has 0 aliphatic carbocycles. The Hall–Kier alpha value is -2.97. The van der Waals surface area contributed by atoms with Crippen LogP contribution in [0.1, 0.15) is 23.7 Å². The maximum atomic E-state index is 9.58. The van der Waals surface area contributed by atoms with Gasteiger partial charge in [-0.1, -0.05) is 12.1 Å². The minimum atomic E-state index is -0.913. The zero-order valence-electron chi connectivity index (χ0n) is 18.0. The van der Waals surface area contributed by atoms with Crippen molar-refractivity contribution in [3.05, 3.63) is 41.1 Å². The van der Waals surface area contributed by atoms with Crippen LogP contribution in [0.4, 0.5) is 5.82 Å². The highest BCUT2D eigenvalue weighted by Gasteiger charge is 2.17. The van der Waals surface area contributed by atoms with Crippen LogP contribution in [-0.2, 0) is 6.42 Å². The molecule has 2 heterocycles. The number of ether oxygens (including phenoxy) is 1. The number of aliphatic hydroxyl groups is 2. The highest BCUT2D eigenvalue weighted by molar-refractivity contribution is 5.65. The number of anilines is 1. The molecule has 0 radical (unpaired) electrons. The fourth-order valence-electron chi connectivity index (χ4n) is 3.14. The maximum Gasteiger partial charge on any atom is 0.258 e. The van der Waals surface area contributed by atoms with Crippen LogP contribution in [0.5, 0.6) is 5.75 Å². The zero-order chi connectivity index (χ0) is 21.8. The van der Waals surface area contributed by atoms with E-state index >= 15 is 0 Å². The Bertz CT molecular complexity index is 1020. The largest absolute Gasteiger partial charge is 0.490 e. The van der Waals surface area contributed by atoms with Gasteiger partial charge in [-0.2, -0.15) is 4.98 Å². The van der Waals surface area contributed by atoms with E-state index in [9.17, 15) is 5.11 Å². The Morgan fingerprint density at radius 1 is 1.10 bits per heavy atom.